The molecule has 2 aromatic carbocycles. The van der Waals surface area contributed by atoms with E-state index in [1.54, 1.807) is 19.1 Å². The number of thioether (sulfide) groups is 1. The number of nitro groups is 1. The molecule has 0 aliphatic carbocycles. The van der Waals surface area contributed by atoms with Gasteiger partial charge in [-0.3, -0.25) is 19.8 Å². The number of nitrogens with zero attached hydrogens (tertiary/aromatic N) is 2. The molecule has 0 aromatic heterocycles. The normalized spacial score (nSPS) is 14.7. The highest BCUT2D eigenvalue weighted by Crippen LogP contribution is 2.39. The largest absolute Gasteiger partial charge is 0.479 e. The van der Waals surface area contributed by atoms with Crippen LogP contribution in [0.15, 0.2) is 41.3 Å². The zero-order chi connectivity index (χ0) is 23.4. The van der Waals surface area contributed by atoms with Crippen LogP contribution in [0.4, 0.5) is 11.4 Å². The lowest BCUT2D eigenvalue weighted by Gasteiger charge is -2.14. The van der Waals surface area contributed by atoms with Crippen molar-refractivity contribution in [3.8, 4) is 5.75 Å². The van der Waals surface area contributed by atoms with E-state index < -0.39 is 16.8 Å². The number of esters is 1. The van der Waals surface area contributed by atoms with Crippen molar-refractivity contribution in [1.82, 2.24) is 0 Å². The molecule has 166 valence electrons. The van der Waals surface area contributed by atoms with E-state index in [1.807, 2.05) is 0 Å². The maximum absolute atomic E-state index is 12.9. The van der Waals surface area contributed by atoms with Gasteiger partial charge in [0.15, 0.2) is 16.7 Å². The third-order valence-corrected chi connectivity index (χ3v) is 5.91. The third-order valence-electron chi connectivity index (χ3n) is 4.05. The zero-order valence-corrected chi connectivity index (χ0v) is 19.5. The van der Waals surface area contributed by atoms with Crippen LogP contribution in [0.2, 0.25) is 10.0 Å². The fraction of sp³-hybridized carbons (Fsp3) is 0.150. The van der Waals surface area contributed by atoms with E-state index in [1.165, 1.54) is 35.2 Å². The minimum atomic E-state index is -0.562. The predicted molar refractivity (Wildman–Crippen MR) is 127 cm³/mol. The van der Waals surface area contributed by atoms with Gasteiger partial charge in [-0.25, -0.2) is 4.79 Å². The first kappa shape index (κ1) is 24.0. The quantitative estimate of drug-likeness (QED) is 0.163. The van der Waals surface area contributed by atoms with Gasteiger partial charge in [-0.15, -0.1) is 0 Å². The van der Waals surface area contributed by atoms with Crippen molar-refractivity contribution in [2.75, 3.05) is 18.1 Å². The lowest BCUT2D eigenvalue weighted by molar-refractivity contribution is -0.384. The molecule has 3 rings (SSSR count). The number of ether oxygens (including phenoxy) is 2. The van der Waals surface area contributed by atoms with Crippen LogP contribution in [-0.2, 0) is 14.3 Å². The Kier molecular flexibility index (Phi) is 7.73. The molecule has 8 nitrogen and oxygen atoms in total. The van der Waals surface area contributed by atoms with E-state index in [2.05, 4.69) is 0 Å². The number of non-ortho nitro benzene ring substituents is 1. The number of benzene rings is 2. The summed E-state index contributed by atoms with van der Waals surface area (Å²) in [5, 5.41) is 11.3. The SMILES string of the molecule is CCOC(=O)COc1c(Cl)cc(/C=C2/SC(=S)N(c3cccc([N+](=O)[O-])c3)C2=O)cc1Cl. The van der Waals surface area contributed by atoms with Crippen LogP contribution in [0.5, 0.6) is 5.75 Å². The Labute approximate surface area is 202 Å². The minimum Gasteiger partial charge on any atom is -0.479 e. The van der Waals surface area contributed by atoms with Crippen LogP contribution in [0.3, 0.4) is 0 Å². The van der Waals surface area contributed by atoms with E-state index in [0.717, 1.165) is 11.8 Å². The van der Waals surface area contributed by atoms with Crippen molar-refractivity contribution in [2.24, 2.45) is 0 Å². The molecule has 0 radical (unpaired) electrons. The van der Waals surface area contributed by atoms with Crippen molar-refractivity contribution < 1.29 is 24.0 Å². The molecule has 0 bridgehead atoms. The summed E-state index contributed by atoms with van der Waals surface area (Å²) in [4.78, 5) is 36.4. The van der Waals surface area contributed by atoms with Gasteiger partial charge in [-0.2, -0.15) is 0 Å². The first-order chi connectivity index (χ1) is 15.2. The van der Waals surface area contributed by atoms with Crippen molar-refractivity contribution in [3.63, 3.8) is 0 Å². The molecular weight excluding hydrogens is 499 g/mol. The highest BCUT2D eigenvalue weighted by molar-refractivity contribution is 8.27. The van der Waals surface area contributed by atoms with Crippen LogP contribution < -0.4 is 9.64 Å². The monoisotopic (exact) mass is 512 g/mol. The van der Waals surface area contributed by atoms with Gasteiger partial charge < -0.3 is 9.47 Å². The number of rotatable bonds is 7. The van der Waals surface area contributed by atoms with E-state index in [4.69, 9.17) is 44.9 Å². The Morgan fingerprint density at radius 2 is 1.97 bits per heavy atom. The molecule has 0 spiro atoms. The van der Waals surface area contributed by atoms with Gasteiger partial charge in [0.25, 0.3) is 11.6 Å². The summed E-state index contributed by atoms with van der Waals surface area (Å²) in [6, 6.07) is 8.68. The summed E-state index contributed by atoms with van der Waals surface area (Å²) in [6.45, 7) is 1.54. The lowest BCUT2D eigenvalue weighted by Crippen LogP contribution is -2.27. The number of thiocarbonyl (C=S) groups is 1. The van der Waals surface area contributed by atoms with Crippen molar-refractivity contribution in [3.05, 3.63) is 67.0 Å². The van der Waals surface area contributed by atoms with Crippen molar-refractivity contribution in [1.29, 1.82) is 0 Å². The number of carbonyl (C=O) groups excluding carboxylic acids is 2. The number of nitro benzene ring substituents is 1. The summed E-state index contributed by atoms with van der Waals surface area (Å²) >= 11 is 18.8. The molecule has 12 heteroatoms. The third kappa shape index (κ3) is 5.39. The van der Waals surface area contributed by atoms with Crippen LogP contribution >= 0.6 is 47.2 Å². The maximum atomic E-state index is 12.9. The molecule has 2 aromatic rings. The van der Waals surface area contributed by atoms with E-state index in [0.29, 0.717) is 11.3 Å². The average molecular weight is 513 g/mol. The Balaban J connectivity index is 1.83. The molecule has 1 amide bonds. The summed E-state index contributed by atoms with van der Waals surface area (Å²) in [5.74, 6) is -0.883. The second-order valence-electron chi connectivity index (χ2n) is 6.20. The maximum Gasteiger partial charge on any atom is 0.344 e. The molecular formula is C20H14Cl2N2O6S2. The van der Waals surface area contributed by atoms with Gasteiger partial charge in [-0.05, 0) is 36.8 Å². The van der Waals surface area contributed by atoms with Crippen LogP contribution in [0.25, 0.3) is 6.08 Å². The van der Waals surface area contributed by atoms with Gasteiger partial charge in [0.1, 0.15) is 0 Å². The standard InChI is InChI=1S/C20H14Cl2N2O6S2/c1-2-29-17(25)10-30-18-14(21)6-11(7-15(18)22)8-16-19(26)23(20(31)32-16)12-4-3-5-13(9-12)24(27)28/h3-9H,2,10H2,1H3/b16-8+. The number of hydrogen-bond acceptors (Lipinski definition) is 8. The molecule has 1 saturated heterocycles. The molecule has 1 aliphatic rings. The van der Waals surface area contributed by atoms with Gasteiger partial charge in [0, 0.05) is 12.1 Å². The Bertz CT molecular complexity index is 1130. The lowest BCUT2D eigenvalue weighted by atomic mass is 10.2. The van der Waals surface area contributed by atoms with Crippen molar-refractivity contribution >= 4 is 80.8 Å². The van der Waals surface area contributed by atoms with Gasteiger partial charge in [-0.1, -0.05) is 53.2 Å². The van der Waals surface area contributed by atoms with Gasteiger partial charge in [0.2, 0.25) is 0 Å². The first-order valence-electron chi connectivity index (χ1n) is 9.01. The fourth-order valence-electron chi connectivity index (χ4n) is 2.72. The Morgan fingerprint density at radius 3 is 2.59 bits per heavy atom. The molecule has 1 aliphatic heterocycles. The first-order valence-corrected chi connectivity index (χ1v) is 11.0. The van der Waals surface area contributed by atoms with Crippen LogP contribution in [0.1, 0.15) is 12.5 Å². The van der Waals surface area contributed by atoms with Gasteiger partial charge in [0.05, 0.1) is 32.2 Å². The topological polar surface area (TPSA) is 99.0 Å². The number of amides is 1. The van der Waals surface area contributed by atoms with Crippen LogP contribution in [-0.4, -0.2) is 34.3 Å². The van der Waals surface area contributed by atoms with Gasteiger partial charge >= 0.3 is 5.97 Å². The van der Waals surface area contributed by atoms with Crippen LogP contribution in [0, 0.1) is 10.1 Å². The summed E-state index contributed by atoms with van der Waals surface area (Å²) < 4.78 is 10.4. The van der Waals surface area contributed by atoms with E-state index >= 15 is 0 Å². The minimum absolute atomic E-state index is 0.114. The number of carbonyl (C=O) groups is 2. The Hall–Kier alpha value is -2.66. The Morgan fingerprint density at radius 1 is 1.28 bits per heavy atom. The second-order valence-corrected chi connectivity index (χ2v) is 8.69. The van der Waals surface area contributed by atoms with E-state index in [-0.39, 0.29) is 43.9 Å². The fourth-order valence-corrected chi connectivity index (χ4v) is 4.63. The summed E-state index contributed by atoms with van der Waals surface area (Å²) in [7, 11) is 0. The molecule has 0 N–H and O–H groups in total. The highest BCUT2D eigenvalue weighted by Gasteiger charge is 2.34. The van der Waals surface area contributed by atoms with Crippen molar-refractivity contribution in [2.45, 2.75) is 6.92 Å². The molecule has 1 fully saturated rings. The number of hydrogen-bond donors (Lipinski definition) is 0. The average Bonchev–Trinajstić information content (AvgIpc) is 3.00. The molecule has 0 saturated carbocycles. The number of halogens is 2. The highest BCUT2D eigenvalue weighted by atomic mass is 35.5. The predicted octanol–water partition coefficient (Wildman–Crippen LogP) is 5.25. The molecule has 1 heterocycles. The molecule has 0 atom stereocenters. The summed E-state index contributed by atoms with van der Waals surface area (Å²) in [5.41, 5.74) is 0.643. The van der Waals surface area contributed by atoms with E-state index in [9.17, 15) is 19.7 Å². The summed E-state index contributed by atoms with van der Waals surface area (Å²) in [6.07, 6.45) is 1.55. The number of anilines is 1. The molecule has 0 unspecified atom stereocenters. The smallest absolute Gasteiger partial charge is 0.344 e. The zero-order valence-electron chi connectivity index (χ0n) is 16.4. The second kappa shape index (κ2) is 10.3. The molecule has 32 heavy (non-hydrogen) atoms.